The Morgan fingerprint density at radius 3 is 2.42 bits per heavy atom. The fourth-order valence-electron chi connectivity index (χ4n) is 6.27. The zero-order chi connectivity index (χ0) is 21.8. The van der Waals surface area contributed by atoms with Crippen molar-refractivity contribution in [2.75, 3.05) is 11.4 Å². The molecule has 0 unspecified atom stereocenters. The molecule has 2 aromatic carbocycles. The van der Waals surface area contributed by atoms with Crippen molar-refractivity contribution in [3.8, 4) is 0 Å². The molecule has 162 valence electrons. The Morgan fingerprint density at radius 2 is 1.71 bits per heavy atom. The van der Waals surface area contributed by atoms with Crippen LogP contribution in [0.25, 0.3) is 0 Å². The molecule has 0 aromatic heterocycles. The molecule has 31 heavy (non-hydrogen) atoms. The van der Waals surface area contributed by atoms with Crippen molar-refractivity contribution in [1.29, 1.82) is 0 Å². The van der Waals surface area contributed by atoms with E-state index in [2.05, 4.69) is 29.2 Å². The number of hydrogen-bond donors (Lipinski definition) is 0. The summed E-state index contributed by atoms with van der Waals surface area (Å²) in [6.45, 7) is 4.95. The summed E-state index contributed by atoms with van der Waals surface area (Å²) in [5.74, 6) is 0.756. The van der Waals surface area contributed by atoms with E-state index in [1.807, 2.05) is 38.1 Å². The monoisotopic (exact) mass is 435 g/mol. The molecule has 1 saturated carbocycles. The lowest BCUT2D eigenvalue weighted by molar-refractivity contribution is -0.151. The van der Waals surface area contributed by atoms with Gasteiger partial charge in [-0.15, -0.1) is 0 Å². The highest BCUT2D eigenvalue weighted by Gasteiger charge is 2.60. The zero-order valence-electron chi connectivity index (χ0n) is 18.4. The quantitative estimate of drug-likeness (QED) is 0.570. The van der Waals surface area contributed by atoms with Crippen LogP contribution in [0.5, 0.6) is 0 Å². The van der Waals surface area contributed by atoms with Gasteiger partial charge in [-0.2, -0.15) is 0 Å². The van der Waals surface area contributed by atoms with Gasteiger partial charge in [0, 0.05) is 36.1 Å². The van der Waals surface area contributed by atoms with Gasteiger partial charge in [0.25, 0.3) is 0 Å². The number of halogens is 1. The lowest BCUT2D eigenvalue weighted by Crippen LogP contribution is -2.65. The Morgan fingerprint density at radius 1 is 1.00 bits per heavy atom. The Balaban J connectivity index is 1.55. The van der Waals surface area contributed by atoms with Gasteiger partial charge in [-0.3, -0.25) is 9.59 Å². The van der Waals surface area contributed by atoms with E-state index in [9.17, 15) is 9.59 Å². The third-order valence-electron chi connectivity index (χ3n) is 7.75. The van der Waals surface area contributed by atoms with Crippen LogP contribution < -0.4 is 4.90 Å². The SMILES string of the molecule is CC1(C)CC(=O)C2(Cc3ccc(Cl)cc3N3CC[C@@H](Cc4ccccc4)C[C@@H]32)C(=O)C1. The van der Waals surface area contributed by atoms with E-state index < -0.39 is 5.41 Å². The molecular weight excluding hydrogens is 406 g/mol. The average molecular weight is 436 g/mol. The molecule has 1 saturated heterocycles. The summed E-state index contributed by atoms with van der Waals surface area (Å²) in [7, 11) is 0. The van der Waals surface area contributed by atoms with Crippen molar-refractivity contribution in [3.63, 3.8) is 0 Å². The summed E-state index contributed by atoms with van der Waals surface area (Å²) in [4.78, 5) is 29.8. The lowest BCUT2D eigenvalue weighted by atomic mass is 9.55. The maximum atomic E-state index is 13.7. The predicted molar refractivity (Wildman–Crippen MR) is 125 cm³/mol. The highest BCUT2D eigenvalue weighted by molar-refractivity contribution is 6.31. The number of hydrogen-bond acceptors (Lipinski definition) is 3. The Kier molecular flexibility index (Phi) is 5.01. The average Bonchev–Trinajstić information content (AvgIpc) is 2.72. The first-order valence-electron chi connectivity index (χ1n) is 11.4. The fourth-order valence-corrected chi connectivity index (χ4v) is 6.44. The predicted octanol–water partition coefficient (Wildman–Crippen LogP) is 5.67. The number of carbonyl (C=O) groups excluding carboxylic acids is 2. The van der Waals surface area contributed by atoms with E-state index in [1.165, 1.54) is 5.56 Å². The first-order chi connectivity index (χ1) is 14.8. The summed E-state index contributed by atoms with van der Waals surface area (Å²) in [5.41, 5.74) is 2.38. The van der Waals surface area contributed by atoms with Crippen molar-refractivity contribution in [3.05, 3.63) is 64.7 Å². The summed E-state index contributed by atoms with van der Waals surface area (Å²) in [6, 6.07) is 16.4. The second-order valence-electron chi connectivity index (χ2n) is 10.6. The van der Waals surface area contributed by atoms with Gasteiger partial charge in [-0.25, -0.2) is 0 Å². The van der Waals surface area contributed by atoms with E-state index in [-0.39, 0.29) is 23.0 Å². The Hall–Kier alpha value is -2.13. The molecule has 3 aliphatic rings. The van der Waals surface area contributed by atoms with E-state index in [0.29, 0.717) is 30.2 Å². The molecule has 0 radical (unpaired) electrons. The number of ketones is 2. The molecule has 0 amide bonds. The normalized spacial score (nSPS) is 26.5. The summed E-state index contributed by atoms with van der Waals surface area (Å²) in [6.07, 6.45) is 4.41. The smallest absolute Gasteiger partial charge is 0.149 e. The minimum absolute atomic E-state index is 0.0722. The largest absolute Gasteiger partial charge is 0.367 e. The molecule has 0 bridgehead atoms. The molecule has 1 spiro atoms. The molecule has 4 heteroatoms. The van der Waals surface area contributed by atoms with Gasteiger partial charge < -0.3 is 4.90 Å². The third kappa shape index (κ3) is 3.51. The topological polar surface area (TPSA) is 37.4 Å². The zero-order valence-corrected chi connectivity index (χ0v) is 19.1. The number of fused-ring (bicyclic) bond motifs is 4. The van der Waals surface area contributed by atoms with Crippen LogP contribution in [0.15, 0.2) is 48.5 Å². The molecule has 1 aliphatic carbocycles. The number of carbonyl (C=O) groups is 2. The molecule has 3 nitrogen and oxygen atoms in total. The van der Waals surface area contributed by atoms with Crippen LogP contribution in [0.2, 0.25) is 5.02 Å². The number of anilines is 1. The van der Waals surface area contributed by atoms with Crippen molar-refractivity contribution in [1.82, 2.24) is 0 Å². The second kappa shape index (κ2) is 7.48. The van der Waals surface area contributed by atoms with E-state index in [0.717, 1.165) is 37.1 Å². The van der Waals surface area contributed by atoms with Crippen molar-refractivity contribution >= 4 is 28.9 Å². The van der Waals surface area contributed by atoms with Crippen LogP contribution in [0.1, 0.15) is 50.7 Å². The third-order valence-corrected chi connectivity index (χ3v) is 7.98. The summed E-state index contributed by atoms with van der Waals surface area (Å²) in [5, 5.41) is 0.710. The van der Waals surface area contributed by atoms with Gasteiger partial charge in [0.1, 0.15) is 17.0 Å². The van der Waals surface area contributed by atoms with Crippen LogP contribution >= 0.6 is 11.6 Å². The molecular formula is C27H30ClNO2. The Labute approximate surface area is 189 Å². The molecule has 0 N–H and O–H groups in total. The molecule has 2 heterocycles. The standard InChI is InChI=1S/C27H30ClNO2/c1-26(2)16-24(30)27(25(31)17-26)15-20-8-9-21(28)14-22(20)29-11-10-19(13-23(27)29)12-18-6-4-3-5-7-18/h3-9,14,19,23H,10-13,15-17H2,1-2H3/t19-,23+/m0/s1. The van der Waals surface area contributed by atoms with Crippen LogP contribution in [-0.4, -0.2) is 24.2 Å². The van der Waals surface area contributed by atoms with E-state index in [4.69, 9.17) is 11.6 Å². The van der Waals surface area contributed by atoms with Gasteiger partial charge in [-0.05, 0) is 60.3 Å². The van der Waals surface area contributed by atoms with Gasteiger partial charge in [0.15, 0.2) is 0 Å². The second-order valence-corrected chi connectivity index (χ2v) is 11.0. The molecule has 2 atom stereocenters. The van der Waals surface area contributed by atoms with Crippen LogP contribution in [0.4, 0.5) is 5.69 Å². The van der Waals surface area contributed by atoms with Crippen molar-refractivity contribution in [2.45, 2.75) is 58.4 Å². The molecule has 2 aliphatic heterocycles. The van der Waals surface area contributed by atoms with Crippen LogP contribution in [0.3, 0.4) is 0 Å². The van der Waals surface area contributed by atoms with E-state index >= 15 is 0 Å². The van der Waals surface area contributed by atoms with Crippen LogP contribution in [0, 0.1) is 16.7 Å². The lowest BCUT2D eigenvalue weighted by Gasteiger charge is -2.56. The number of benzene rings is 2. The van der Waals surface area contributed by atoms with E-state index in [1.54, 1.807) is 0 Å². The first-order valence-corrected chi connectivity index (χ1v) is 11.8. The highest BCUT2D eigenvalue weighted by atomic mass is 35.5. The van der Waals surface area contributed by atoms with Gasteiger partial charge >= 0.3 is 0 Å². The maximum Gasteiger partial charge on any atom is 0.149 e. The molecule has 5 rings (SSSR count). The minimum Gasteiger partial charge on any atom is -0.367 e. The van der Waals surface area contributed by atoms with Gasteiger partial charge in [-0.1, -0.05) is 61.8 Å². The Bertz CT molecular complexity index is 1010. The maximum absolute atomic E-state index is 13.7. The highest BCUT2D eigenvalue weighted by Crippen LogP contribution is 2.53. The number of Topliss-reactive ketones (excluding diaryl/α,β-unsaturated/α-hetero) is 2. The number of piperidine rings is 1. The van der Waals surface area contributed by atoms with Crippen LogP contribution in [-0.2, 0) is 22.4 Å². The molecule has 2 aromatic rings. The summed E-state index contributed by atoms with van der Waals surface area (Å²) >= 11 is 6.36. The van der Waals surface area contributed by atoms with Crippen molar-refractivity contribution in [2.24, 2.45) is 16.7 Å². The van der Waals surface area contributed by atoms with Gasteiger partial charge in [0.2, 0.25) is 0 Å². The fraction of sp³-hybridized carbons (Fsp3) is 0.481. The van der Waals surface area contributed by atoms with Gasteiger partial charge in [0.05, 0.1) is 0 Å². The number of nitrogens with zero attached hydrogens (tertiary/aromatic N) is 1. The molecule has 2 fully saturated rings. The number of rotatable bonds is 2. The van der Waals surface area contributed by atoms with Crippen molar-refractivity contribution < 1.29 is 9.59 Å². The summed E-state index contributed by atoms with van der Waals surface area (Å²) < 4.78 is 0. The minimum atomic E-state index is -0.911. The first kappa shape index (κ1) is 20.8.